The highest BCUT2D eigenvalue weighted by atomic mass is 16.5. The topological polar surface area (TPSA) is 93.2 Å². The van der Waals surface area contributed by atoms with Gasteiger partial charge in [-0.1, -0.05) is 24.3 Å². The van der Waals surface area contributed by atoms with Gasteiger partial charge in [-0.25, -0.2) is 0 Å². The molecule has 2 amide bonds. The van der Waals surface area contributed by atoms with Crippen LogP contribution in [-0.4, -0.2) is 35.2 Å². The van der Waals surface area contributed by atoms with Crippen molar-refractivity contribution >= 4 is 17.5 Å². The number of aromatic nitrogens is 2. The van der Waals surface area contributed by atoms with Crippen molar-refractivity contribution in [2.24, 2.45) is 0 Å². The van der Waals surface area contributed by atoms with E-state index in [1.165, 1.54) is 7.11 Å². The molecule has 0 saturated heterocycles. The van der Waals surface area contributed by atoms with Gasteiger partial charge >= 0.3 is 0 Å². The van der Waals surface area contributed by atoms with Crippen LogP contribution in [0.4, 0.5) is 5.69 Å². The Bertz CT molecular complexity index is 1020. The van der Waals surface area contributed by atoms with E-state index in [9.17, 15) is 9.59 Å². The molecular formula is C21H18N4O3. The SMILES string of the molecule is COc1ccc2c(c1)C(=O)NC(Cc1ccc(-c3ccnnc3)cc1)C(=O)N2. The molecular weight excluding hydrogens is 356 g/mol. The van der Waals surface area contributed by atoms with E-state index in [2.05, 4.69) is 20.8 Å². The van der Waals surface area contributed by atoms with Gasteiger partial charge in [0.25, 0.3) is 5.91 Å². The smallest absolute Gasteiger partial charge is 0.254 e. The Kier molecular flexibility index (Phi) is 4.72. The third kappa shape index (κ3) is 3.55. The van der Waals surface area contributed by atoms with Gasteiger partial charge in [0.2, 0.25) is 5.91 Å². The number of fused-ring (bicyclic) bond motifs is 1. The summed E-state index contributed by atoms with van der Waals surface area (Å²) in [5, 5.41) is 13.3. The van der Waals surface area contributed by atoms with Gasteiger partial charge in [-0.2, -0.15) is 10.2 Å². The van der Waals surface area contributed by atoms with Crippen LogP contribution in [0.25, 0.3) is 11.1 Å². The Morgan fingerprint density at radius 2 is 1.82 bits per heavy atom. The van der Waals surface area contributed by atoms with Crippen molar-refractivity contribution in [3.05, 3.63) is 72.1 Å². The van der Waals surface area contributed by atoms with Gasteiger partial charge in [0.1, 0.15) is 11.8 Å². The molecule has 1 aliphatic heterocycles. The van der Waals surface area contributed by atoms with Gasteiger partial charge in [-0.05, 0) is 35.4 Å². The zero-order valence-electron chi connectivity index (χ0n) is 15.2. The fourth-order valence-electron chi connectivity index (χ4n) is 3.14. The summed E-state index contributed by atoms with van der Waals surface area (Å²) < 4.78 is 5.17. The molecule has 7 nitrogen and oxygen atoms in total. The standard InChI is InChI=1S/C21H18N4O3/c1-28-16-6-7-18-17(11-16)20(26)25-19(21(27)24-18)10-13-2-4-14(5-3-13)15-8-9-22-23-12-15/h2-9,11-12,19H,10H2,1H3,(H,24,27)(H,25,26). The third-order valence-electron chi connectivity index (χ3n) is 4.66. The first-order valence-electron chi connectivity index (χ1n) is 8.80. The van der Waals surface area contributed by atoms with Crippen molar-refractivity contribution in [1.29, 1.82) is 0 Å². The van der Waals surface area contributed by atoms with Crippen LogP contribution in [0.5, 0.6) is 5.75 Å². The molecule has 7 heteroatoms. The van der Waals surface area contributed by atoms with Crippen molar-refractivity contribution in [2.45, 2.75) is 12.5 Å². The van der Waals surface area contributed by atoms with Crippen molar-refractivity contribution < 1.29 is 14.3 Å². The van der Waals surface area contributed by atoms with Crippen LogP contribution in [-0.2, 0) is 11.2 Å². The second-order valence-corrected chi connectivity index (χ2v) is 6.46. The molecule has 1 aliphatic rings. The van der Waals surface area contributed by atoms with Crippen LogP contribution in [0, 0.1) is 0 Å². The molecule has 3 aromatic rings. The third-order valence-corrected chi connectivity index (χ3v) is 4.66. The Morgan fingerprint density at radius 1 is 1.00 bits per heavy atom. The van der Waals surface area contributed by atoms with Crippen molar-refractivity contribution in [3.8, 4) is 16.9 Å². The molecule has 4 rings (SSSR count). The summed E-state index contributed by atoms with van der Waals surface area (Å²) in [6, 6.07) is 14.0. The van der Waals surface area contributed by atoms with Gasteiger partial charge in [0.15, 0.2) is 0 Å². The lowest BCUT2D eigenvalue weighted by Crippen LogP contribution is -2.42. The van der Waals surface area contributed by atoms with E-state index in [-0.39, 0.29) is 11.8 Å². The second kappa shape index (κ2) is 7.48. The lowest BCUT2D eigenvalue weighted by Gasteiger charge is -2.15. The van der Waals surface area contributed by atoms with Crippen molar-refractivity contribution in [1.82, 2.24) is 15.5 Å². The first-order valence-corrected chi connectivity index (χ1v) is 8.80. The summed E-state index contributed by atoms with van der Waals surface area (Å²) in [5.74, 6) is -0.000744. The number of hydrogen-bond donors (Lipinski definition) is 2. The van der Waals surface area contributed by atoms with Crippen LogP contribution in [0.2, 0.25) is 0 Å². The fraction of sp³-hybridized carbons (Fsp3) is 0.143. The minimum atomic E-state index is -0.667. The fourth-order valence-corrected chi connectivity index (χ4v) is 3.14. The summed E-state index contributed by atoms with van der Waals surface area (Å²) in [7, 11) is 1.53. The van der Waals surface area contributed by atoms with E-state index in [4.69, 9.17) is 4.74 Å². The maximum absolute atomic E-state index is 12.6. The van der Waals surface area contributed by atoms with Crippen LogP contribution < -0.4 is 15.4 Å². The number of hydrogen-bond acceptors (Lipinski definition) is 5. The Balaban J connectivity index is 1.52. The van der Waals surface area contributed by atoms with Gasteiger partial charge in [-0.3, -0.25) is 9.59 Å². The molecule has 0 radical (unpaired) electrons. The van der Waals surface area contributed by atoms with E-state index in [0.29, 0.717) is 23.4 Å². The summed E-state index contributed by atoms with van der Waals surface area (Å²) in [6.45, 7) is 0. The first-order chi connectivity index (χ1) is 13.6. The molecule has 0 saturated carbocycles. The van der Waals surface area contributed by atoms with Gasteiger partial charge in [0.05, 0.1) is 30.8 Å². The van der Waals surface area contributed by atoms with Crippen LogP contribution in [0.3, 0.4) is 0 Å². The Morgan fingerprint density at radius 3 is 2.54 bits per heavy atom. The minimum absolute atomic E-state index is 0.250. The summed E-state index contributed by atoms with van der Waals surface area (Å²) >= 11 is 0. The molecule has 1 aromatic heterocycles. The van der Waals surface area contributed by atoms with E-state index >= 15 is 0 Å². The minimum Gasteiger partial charge on any atom is -0.497 e. The average Bonchev–Trinajstić information content (AvgIpc) is 2.85. The maximum Gasteiger partial charge on any atom is 0.254 e. The van der Waals surface area contributed by atoms with Crippen LogP contribution in [0.1, 0.15) is 15.9 Å². The Labute approximate surface area is 161 Å². The number of carbonyl (C=O) groups is 2. The normalized spacial score (nSPS) is 15.8. The number of rotatable bonds is 4. The molecule has 28 heavy (non-hydrogen) atoms. The molecule has 2 aromatic carbocycles. The van der Waals surface area contributed by atoms with Crippen molar-refractivity contribution in [3.63, 3.8) is 0 Å². The van der Waals surface area contributed by atoms with Crippen LogP contribution in [0.15, 0.2) is 60.9 Å². The molecule has 0 spiro atoms. The van der Waals surface area contributed by atoms with E-state index in [1.54, 1.807) is 30.6 Å². The molecule has 0 aliphatic carbocycles. The maximum atomic E-state index is 12.6. The highest BCUT2D eigenvalue weighted by Gasteiger charge is 2.28. The van der Waals surface area contributed by atoms with Crippen molar-refractivity contribution in [2.75, 3.05) is 12.4 Å². The molecule has 140 valence electrons. The number of amides is 2. The van der Waals surface area contributed by atoms with E-state index in [1.807, 2.05) is 30.3 Å². The first kappa shape index (κ1) is 17.7. The summed E-state index contributed by atoms with van der Waals surface area (Å²) in [6.07, 6.45) is 3.72. The summed E-state index contributed by atoms with van der Waals surface area (Å²) in [4.78, 5) is 25.2. The molecule has 1 unspecified atom stereocenters. The summed E-state index contributed by atoms with van der Waals surface area (Å²) in [5.41, 5.74) is 3.77. The van der Waals surface area contributed by atoms with Gasteiger partial charge < -0.3 is 15.4 Å². The lowest BCUT2D eigenvalue weighted by molar-refractivity contribution is -0.117. The van der Waals surface area contributed by atoms with Gasteiger partial charge in [0, 0.05) is 12.0 Å². The molecule has 2 N–H and O–H groups in total. The zero-order chi connectivity index (χ0) is 19.5. The quantitative estimate of drug-likeness (QED) is 0.732. The number of nitrogens with one attached hydrogen (secondary N) is 2. The monoisotopic (exact) mass is 374 g/mol. The van der Waals surface area contributed by atoms with E-state index < -0.39 is 6.04 Å². The van der Waals surface area contributed by atoms with E-state index in [0.717, 1.165) is 16.7 Å². The average molecular weight is 374 g/mol. The predicted octanol–water partition coefficient (Wildman–Crippen LogP) is 2.45. The second-order valence-electron chi connectivity index (χ2n) is 6.46. The molecule has 2 heterocycles. The van der Waals surface area contributed by atoms with Crippen LogP contribution >= 0.6 is 0 Å². The zero-order valence-corrected chi connectivity index (χ0v) is 15.2. The number of nitrogens with zero attached hydrogens (tertiary/aromatic N) is 2. The molecule has 0 bridgehead atoms. The highest BCUT2D eigenvalue weighted by Crippen LogP contribution is 2.25. The number of methoxy groups -OCH3 is 1. The van der Waals surface area contributed by atoms with Gasteiger partial charge in [-0.15, -0.1) is 0 Å². The highest BCUT2D eigenvalue weighted by molar-refractivity contribution is 6.10. The largest absolute Gasteiger partial charge is 0.497 e. The Hall–Kier alpha value is -3.74. The lowest BCUT2D eigenvalue weighted by atomic mass is 10.0. The number of ether oxygens (including phenoxy) is 1. The number of carbonyl (C=O) groups excluding carboxylic acids is 2. The molecule has 0 fully saturated rings. The molecule has 1 atom stereocenters. The predicted molar refractivity (Wildman–Crippen MR) is 104 cm³/mol. The number of benzene rings is 2. The number of anilines is 1.